The van der Waals surface area contributed by atoms with E-state index in [1.165, 1.54) is 18.4 Å². The minimum atomic E-state index is -0.649. The fourth-order valence-corrected chi connectivity index (χ4v) is 2.46. The summed E-state index contributed by atoms with van der Waals surface area (Å²) in [6.45, 7) is 3.88. The Labute approximate surface area is 138 Å². The van der Waals surface area contributed by atoms with Gasteiger partial charge in [0.1, 0.15) is 5.76 Å². The molecule has 1 aliphatic heterocycles. The molecule has 7 nitrogen and oxygen atoms in total. The van der Waals surface area contributed by atoms with Crippen molar-refractivity contribution in [2.45, 2.75) is 6.54 Å². The molecule has 4 amide bonds. The quantitative estimate of drug-likeness (QED) is 0.832. The summed E-state index contributed by atoms with van der Waals surface area (Å²) in [5, 5.41) is 2.70. The molecule has 0 spiro atoms. The third-order valence-electron chi connectivity index (χ3n) is 3.66. The highest BCUT2D eigenvalue weighted by Crippen LogP contribution is 2.22. The second-order valence-electron chi connectivity index (χ2n) is 5.26. The van der Waals surface area contributed by atoms with Gasteiger partial charge in [-0.15, -0.1) is 6.58 Å². The van der Waals surface area contributed by atoms with Crippen molar-refractivity contribution in [1.82, 2.24) is 10.2 Å². The number of imide groups is 1. The van der Waals surface area contributed by atoms with Gasteiger partial charge in [-0.2, -0.15) is 4.99 Å². The van der Waals surface area contributed by atoms with Gasteiger partial charge in [-0.25, -0.2) is 4.79 Å². The number of rotatable bonds is 5. The van der Waals surface area contributed by atoms with Crippen LogP contribution in [-0.2, 0) is 16.1 Å². The van der Waals surface area contributed by atoms with E-state index in [-0.39, 0.29) is 30.6 Å². The number of carbonyl (C=O) groups is 3. The molecule has 2 heterocycles. The first-order valence-electron chi connectivity index (χ1n) is 7.35. The highest BCUT2D eigenvalue weighted by Gasteiger charge is 2.36. The van der Waals surface area contributed by atoms with Crippen LogP contribution in [-0.4, -0.2) is 35.0 Å². The molecule has 0 aromatic carbocycles. The third kappa shape index (κ3) is 2.96. The standard InChI is InChI=1S/C17H15N3O4/c1-2-7-20-16(22)13-6-5-11(9-14(13)19-17(20)23)15(21)18-10-12-4-3-8-24-12/h2-6,8-9,13H,1,7,10H2,(H,18,21). The molecule has 24 heavy (non-hydrogen) atoms. The number of hydrogen-bond donors (Lipinski definition) is 1. The number of nitrogens with zero attached hydrogens (tertiary/aromatic N) is 2. The molecule has 1 atom stereocenters. The summed E-state index contributed by atoms with van der Waals surface area (Å²) in [5.74, 6) is -0.726. The van der Waals surface area contributed by atoms with E-state index < -0.39 is 11.9 Å². The maximum absolute atomic E-state index is 12.3. The molecule has 0 radical (unpaired) electrons. The van der Waals surface area contributed by atoms with Crippen LogP contribution in [0.25, 0.3) is 0 Å². The largest absolute Gasteiger partial charge is 0.467 e. The van der Waals surface area contributed by atoms with Crippen molar-refractivity contribution in [2.24, 2.45) is 10.9 Å². The van der Waals surface area contributed by atoms with Crippen LogP contribution in [0.4, 0.5) is 4.79 Å². The molecule has 3 rings (SSSR count). The Hall–Kier alpha value is -3.22. The lowest BCUT2D eigenvalue weighted by Crippen LogP contribution is -2.46. The monoisotopic (exact) mass is 325 g/mol. The Morgan fingerprint density at radius 2 is 2.29 bits per heavy atom. The Morgan fingerprint density at radius 1 is 1.46 bits per heavy atom. The number of amides is 4. The van der Waals surface area contributed by atoms with E-state index in [9.17, 15) is 14.4 Å². The molecule has 122 valence electrons. The van der Waals surface area contributed by atoms with Crippen LogP contribution in [0.2, 0.25) is 0 Å². The lowest BCUT2D eigenvalue weighted by molar-refractivity contribution is -0.129. The van der Waals surface area contributed by atoms with Gasteiger partial charge in [0.2, 0.25) is 5.91 Å². The van der Waals surface area contributed by atoms with Crippen molar-refractivity contribution in [3.05, 3.63) is 60.6 Å². The van der Waals surface area contributed by atoms with Crippen molar-refractivity contribution < 1.29 is 18.8 Å². The Bertz CT molecular complexity index is 787. The summed E-state index contributed by atoms with van der Waals surface area (Å²) >= 11 is 0. The van der Waals surface area contributed by atoms with Crippen LogP contribution in [0.3, 0.4) is 0 Å². The average molecular weight is 325 g/mol. The molecule has 1 aromatic rings. The molecule has 1 unspecified atom stereocenters. The molecule has 1 aliphatic carbocycles. The van der Waals surface area contributed by atoms with E-state index in [1.54, 1.807) is 24.3 Å². The predicted molar refractivity (Wildman–Crippen MR) is 86.0 cm³/mol. The van der Waals surface area contributed by atoms with Gasteiger partial charge in [-0.3, -0.25) is 14.5 Å². The Morgan fingerprint density at radius 3 is 3.00 bits per heavy atom. The Balaban J connectivity index is 1.75. The highest BCUT2D eigenvalue weighted by molar-refractivity contribution is 6.23. The van der Waals surface area contributed by atoms with Gasteiger partial charge >= 0.3 is 6.03 Å². The first-order valence-corrected chi connectivity index (χ1v) is 7.35. The maximum Gasteiger partial charge on any atom is 0.350 e. The summed E-state index contributed by atoms with van der Waals surface area (Å²) in [6.07, 6.45) is 7.58. The van der Waals surface area contributed by atoms with Crippen LogP contribution >= 0.6 is 0 Å². The highest BCUT2D eigenvalue weighted by atomic mass is 16.3. The number of aliphatic imine (C=N–C) groups is 1. The zero-order valence-corrected chi connectivity index (χ0v) is 12.8. The molecule has 7 heteroatoms. The van der Waals surface area contributed by atoms with Crippen molar-refractivity contribution in [2.75, 3.05) is 6.54 Å². The zero-order chi connectivity index (χ0) is 17.1. The number of urea groups is 1. The fraction of sp³-hybridized carbons (Fsp3) is 0.176. The molecule has 1 N–H and O–H groups in total. The van der Waals surface area contributed by atoms with Crippen molar-refractivity contribution >= 4 is 23.6 Å². The summed E-state index contributed by atoms with van der Waals surface area (Å²) in [6, 6.07) is 2.83. The lowest BCUT2D eigenvalue weighted by Gasteiger charge is -2.28. The predicted octanol–water partition coefficient (Wildman–Crippen LogP) is 1.60. The number of allylic oxidation sites excluding steroid dienone is 1. The number of nitrogens with one attached hydrogen (secondary N) is 1. The minimum absolute atomic E-state index is 0.110. The second-order valence-corrected chi connectivity index (χ2v) is 5.26. The number of carbonyl (C=O) groups excluding carboxylic acids is 3. The zero-order valence-electron chi connectivity index (χ0n) is 12.8. The topological polar surface area (TPSA) is 92.0 Å². The van der Waals surface area contributed by atoms with Gasteiger partial charge in [0.05, 0.1) is 24.4 Å². The van der Waals surface area contributed by atoms with Crippen LogP contribution in [0.5, 0.6) is 0 Å². The molecule has 2 aliphatic rings. The van der Waals surface area contributed by atoms with Gasteiger partial charge in [0.25, 0.3) is 5.91 Å². The van der Waals surface area contributed by atoms with Crippen LogP contribution in [0, 0.1) is 5.92 Å². The van der Waals surface area contributed by atoms with Gasteiger partial charge in [-0.05, 0) is 18.2 Å². The summed E-state index contributed by atoms with van der Waals surface area (Å²) < 4.78 is 5.14. The van der Waals surface area contributed by atoms with Gasteiger partial charge in [-0.1, -0.05) is 18.2 Å². The maximum atomic E-state index is 12.3. The van der Waals surface area contributed by atoms with Crippen molar-refractivity contribution in [3.63, 3.8) is 0 Å². The van der Waals surface area contributed by atoms with E-state index in [0.717, 1.165) is 4.90 Å². The second kappa shape index (κ2) is 6.49. The summed E-state index contributed by atoms with van der Waals surface area (Å²) in [5.41, 5.74) is 0.602. The molecule has 0 bridgehead atoms. The van der Waals surface area contributed by atoms with Crippen LogP contribution in [0.1, 0.15) is 5.76 Å². The molecule has 1 aromatic heterocycles. The molecular weight excluding hydrogens is 310 g/mol. The molecule has 0 saturated carbocycles. The van der Waals surface area contributed by atoms with Crippen LogP contribution < -0.4 is 5.32 Å². The summed E-state index contributed by atoms with van der Waals surface area (Å²) in [4.78, 5) is 41.3. The summed E-state index contributed by atoms with van der Waals surface area (Å²) in [7, 11) is 0. The minimum Gasteiger partial charge on any atom is -0.467 e. The van der Waals surface area contributed by atoms with E-state index in [2.05, 4.69) is 16.9 Å². The van der Waals surface area contributed by atoms with Gasteiger partial charge in [0, 0.05) is 12.1 Å². The van der Waals surface area contributed by atoms with E-state index in [4.69, 9.17) is 4.42 Å². The number of hydrogen-bond acceptors (Lipinski definition) is 4. The average Bonchev–Trinajstić information content (AvgIpc) is 3.09. The lowest BCUT2D eigenvalue weighted by atomic mass is 9.91. The van der Waals surface area contributed by atoms with E-state index in [0.29, 0.717) is 11.3 Å². The third-order valence-corrected chi connectivity index (χ3v) is 3.66. The van der Waals surface area contributed by atoms with Gasteiger partial charge < -0.3 is 9.73 Å². The molecular formula is C17H15N3O4. The molecule has 0 fully saturated rings. The van der Waals surface area contributed by atoms with E-state index >= 15 is 0 Å². The fourth-order valence-electron chi connectivity index (χ4n) is 2.46. The van der Waals surface area contributed by atoms with Crippen molar-refractivity contribution in [1.29, 1.82) is 0 Å². The van der Waals surface area contributed by atoms with Crippen LogP contribution in [0.15, 0.2) is 64.3 Å². The normalized spacial score (nSPS) is 19.5. The van der Waals surface area contributed by atoms with E-state index in [1.807, 2.05) is 0 Å². The van der Waals surface area contributed by atoms with Crippen molar-refractivity contribution in [3.8, 4) is 0 Å². The smallest absolute Gasteiger partial charge is 0.350 e. The molecule has 0 saturated heterocycles. The number of fused-ring (bicyclic) bond motifs is 1. The first-order chi connectivity index (χ1) is 11.6. The SMILES string of the molecule is C=CCN1C(=O)N=C2C=C(C(=O)NCc3ccco3)C=CC2C1=O. The number of furan rings is 1. The Kier molecular flexibility index (Phi) is 4.24. The first kappa shape index (κ1) is 15.7. The van der Waals surface area contributed by atoms with Gasteiger partial charge in [0.15, 0.2) is 0 Å².